The van der Waals surface area contributed by atoms with Crippen LogP contribution in [0.1, 0.15) is 25.7 Å². The molecular weight excluding hydrogens is 352 g/mol. The molecule has 148 valence electrons. The Morgan fingerprint density at radius 3 is 2.70 bits per heavy atom. The maximum atomic E-state index is 14.0. The predicted octanol–water partition coefficient (Wildman–Crippen LogP) is 1.72. The van der Waals surface area contributed by atoms with Gasteiger partial charge in [-0.15, -0.1) is 0 Å². The van der Waals surface area contributed by atoms with E-state index in [1.807, 2.05) is 9.80 Å². The topological polar surface area (TPSA) is 60.0 Å². The molecule has 1 atom stereocenters. The average Bonchev–Trinajstić information content (AvgIpc) is 3.13. The third-order valence-electron chi connectivity index (χ3n) is 5.12. The van der Waals surface area contributed by atoms with Crippen molar-refractivity contribution in [3.8, 4) is 0 Å². The number of halogens is 2. The zero-order valence-electron chi connectivity index (χ0n) is 15.7. The fourth-order valence-electron chi connectivity index (χ4n) is 3.64. The predicted molar refractivity (Wildman–Crippen MR) is 102 cm³/mol. The van der Waals surface area contributed by atoms with Crippen molar-refractivity contribution in [2.45, 2.75) is 31.7 Å². The fourth-order valence-corrected chi connectivity index (χ4v) is 3.64. The summed E-state index contributed by atoms with van der Waals surface area (Å²) >= 11 is 0. The summed E-state index contributed by atoms with van der Waals surface area (Å²) < 4.78 is 27.1. The lowest BCUT2D eigenvalue weighted by Crippen LogP contribution is -2.49. The SMILES string of the molecule is CN=C(NCC(=O)N1CCCCC1)NC1CCN(c2ccc(F)cc2F)C1. The van der Waals surface area contributed by atoms with Crippen molar-refractivity contribution < 1.29 is 13.6 Å². The highest BCUT2D eigenvalue weighted by Crippen LogP contribution is 2.24. The molecule has 1 aromatic rings. The van der Waals surface area contributed by atoms with E-state index in [9.17, 15) is 13.6 Å². The molecule has 2 aliphatic heterocycles. The van der Waals surface area contributed by atoms with Gasteiger partial charge in [0, 0.05) is 45.3 Å². The highest BCUT2D eigenvalue weighted by molar-refractivity contribution is 5.86. The van der Waals surface area contributed by atoms with Gasteiger partial charge in [0.25, 0.3) is 0 Å². The van der Waals surface area contributed by atoms with Crippen LogP contribution in [0.25, 0.3) is 0 Å². The van der Waals surface area contributed by atoms with Crippen molar-refractivity contribution >= 4 is 17.6 Å². The van der Waals surface area contributed by atoms with Crippen LogP contribution in [0.15, 0.2) is 23.2 Å². The molecule has 1 amide bonds. The molecule has 1 aromatic carbocycles. The Kier molecular flexibility index (Phi) is 6.47. The second kappa shape index (κ2) is 9.01. The van der Waals surface area contributed by atoms with E-state index in [1.54, 1.807) is 7.05 Å². The van der Waals surface area contributed by atoms with Gasteiger partial charge in [-0.1, -0.05) is 0 Å². The first-order chi connectivity index (χ1) is 13.1. The van der Waals surface area contributed by atoms with Gasteiger partial charge in [-0.2, -0.15) is 0 Å². The maximum absolute atomic E-state index is 14.0. The van der Waals surface area contributed by atoms with E-state index < -0.39 is 11.6 Å². The first-order valence-corrected chi connectivity index (χ1v) is 9.52. The van der Waals surface area contributed by atoms with Gasteiger partial charge in [0.2, 0.25) is 5.91 Å². The molecule has 0 spiro atoms. The summed E-state index contributed by atoms with van der Waals surface area (Å²) in [6, 6.07) is 3.72. The van der Waals surface area contributed by atoms with Crippen molar-refractivity contribution in [3.05, 3.63) is 29.8 Å². The normalized spacial score (nSPS) is 20.7. The molecule has 2 aliphatic rings. The maximum Gasteiger partial charge on any atom is 0.241 e. The lowest BCUT2D eigenvalue weighted by molar-refractivity contribution is -0.130. The Labute approximate surface area is 158 Å². The molecule has 0 aromatic heterocycles. The minimum atomic E-state index is -0.576. The number of anilines is 1. The van der Waals surface area contributed by atoms with E-state index in [2.05, 4.69) is 15.6 Å². The largest absolute Gasteiger partial charge is 0.367 e. The number of likely N-dealkylation sites (tertiary alicyclic amines) is 1. The van der Waals surface area contributed by atoms with E-state index in [1.165, 1.54) is 18.6 Å². The van der Waals surface area contributed by atoms with Crippen LogP contribution in [0, 0.1) is 11.6 Å². The number of piperidine rings is 1. The van der Waals surface area contributed by atoms with Gasteiger partial charge in [-0.3, -0.25) is 9.79 Å². The number of nitrogens with zero attached hydrogens (tertiary/aromatic N) is 3. The van der Waals surface area contributed by atoms with Gasteiger partial charge < -0.3 is 20.4 Å². The molecule has 2 N–H and O–H groups in total. The number of guanidine groups is 1. The van der Waals surface area contributed by atoms with E-state index in [4.69, 9.17) is 0 Å². The molecule has 2 saturated heterocycles. The summed E-state index contributed by atoms with van der Waals surface area (Å²) in [5.41, 5.74) is 0.406. The first-order valence-electron chi connectivity index (χ1n) is 9.52. The van der Waals surface area contributed by atoms with Gasteiger partial charge in [0.1, 0.15) is 11.6 Å². The van der Waals surface area contributed by atoms with Gasteiger partial charge >= 0.3 is 0 Å². The van der Waals surface area contributed by atoms with Crippen molar-refractivity contribution in [2.75, 3.05) is 44.7 Å². The van der Waals surface area contributed by atoms with Crippen LogP contribution in [-0.4, -0.2) is 62.6 Å². The Morgan fingerprint density at radius 1 is 1.22 bits per heavy atom. The molecule has 27 heavy (non-hydrogen) atoms. The molecule has 0 radical (unpaired) electrons. The summed E-state index contributed by atoms with van der Waals surface area (Å²) in [6.07, 6.45) is 4.12. The number of amides is 1. The summed E-state index contributed by atoms with van der Waals surface area (Å²) in [7, 11) is 1.66. The highest BCUT2D eigenvalue weighted by atomic mass is 19.1. The van der Waals surface area contributed by atoms with Crippen LogP contribution < -0.4 is 15.5 Å². The molecule has 0 saturated carbocycles. The molecule has 3 rings (SSSR count). The van der Waals surface area contributed by atoms with Crippen LogP contribution in [0.2, 0.25) is 0 Å². The van der Waals surface area contributed by atoms with Crippen molar-refractivity contribution in [1.82, 2.24) is 15.5 Å². The Bertz CT molecular complexity index is 691. The molecule has 8 heteroatoms. The Hall–Kier alpha value is -2.38. The minimum absolute atomic E-state index is 0.0748. The van der Waals surface area contributed by atoms with Crippen LogP contribution in [0.4, 0.5) is 14.5 Å². The monoisotopic (exact) mass is 379 g/mol. The zero-order valence-corrected chi connectivity index (χ0v) is 15.7. The Morgan fingerprint density at radius 2 is 2.00 bits per heavy atom. The summed E-state index contributed by atoms with van der Waals surface area (Å²) in [6.45, 7) is 3.12. The van der Waals surface area contributed by atoms with E-state index in [0.29, 0.717) is 24.7 Å². The lowest BCUT2D eigenvalue weighted by atomic mass is 10.1. The number of carbonyl (C=O) groups excluding carboxylic acids is 1. The molecule has 0 aliphatic carbocycles. The van der Waals surface area contributed by atoms with Gasteiger partial charge in [-0.05, 0) is 37.8 Å². The quantitative estimate of drug-likeness (QED) is 0.618. The molecule has 2 fully saturated rings. The number of rotatable bonds is 4. The number of hydrogen-bond donors (Lipinski definition) is 2. The first kappa shape index (κ1) is 19.4. The standard InChI is InChI=1S/C19H27F2N5O/c1-22-19(23-12-18(27)25-8-3-2-4-9-25)24-15-7-10-26(13-15)17-6-5-14(20)11-16(17)21/h5-6,11,15H,2-4,7-10,12-13H2,1H3,(H2,22,23,24). The third-order valence-corrected chi connectivity index (χ3v) is 5.12. The molecule has 2 heterocycles. The van der Waals surface area contributed by atoms with Crippen LogP contribution in [0.5, 0.6) is 0 Å². The van der Waals surface area contributed by atoms with E-state index in [0.717, 1.165) is 38.4 Å². The number of benzene rings is 1. The van der Waals surface area contributed by atoms with Crippen LogP contribution >= 0.6 is 0 Å². The number of carbonyl (C=O) groups is 1. The van der Waals surface area contributed by atoms with Crippen molar-refractivity contribution in [3.63, 3.8) is 0 Å². The molecular formula is C19H27F2N5O. The molecule has 6 nitrogen and oxygen atoms in total. The van der Waals surface area contributed by atoms with Crippen molar-refractivity contribution in [2.24, 2.45) is 4.99 Å². The smallest absolute Gasteiger partial charge is 0.241 e. The Balaban J connectivity index is 1.48. The van der Waals surface area contributed by atoms with Crippen LogP contribution in [0.3, 0.4) is 0 Å². The van der Waals surface area contributed by atoms with Crippen LogP contribution in [-0.2, 0) is 4.79 Å². The van der Waals surface area contributed by atoms with E-state index >= 15 is 0 Å². The number of hydrogen-bond acceptors (Lipinski definition) is 3. The van der Waals surface area contributed by atoms with Gasteiger partial charge in [-0.25, -0.2) is 8.78 Å². The molecule has 1 unspecified atom stereocenters. The van der Waals surface area contributed by atoms with Gasteiger partial charge in [0.15, 0.2) is 5.96 Å². The summed E-state index contributed by atoms with van der Waals surface area (Å²) in [4.78, 5) is 20.2. The fraction of sp³-hybridized carbons (Fsp3) is 0.579. The number of nitrogens with one attached hydrogen (secondary N) is 2. The highest BCUT2D eigenvalue weighted by Gasteiger charge is 2.25. The van der Waals surface area contributed by atoms with Gasteiger partial charge in [0.05, 0.1) is 12.2 Å². The van der Waals surface area contributed by atoms with E-state index in [-0.39, 0.29) is 18.5 Å². The third kappa shape index (κ3) is 5.08. The number of aliphatic imine (C=N–C) groups is 1. The lowest BCUT2D eigenvalue weighted by Gasteiger charge is -2.27. The second-order valence-electron chi connectivity index (χ2n) is 7.04. The minimum Gasteiger partial charge on any atom is -0.367 e. The second-order valence-corrected chi connectivity index (χ2v) is 7.04. The van der Waals surface area contributed by atoms with Crippen molar-refractivity contribution in [1.29, 1.82) is 0 Å². The molecule has 0 bridgehead atoms. The summed E-state index contributed by atoms with van der Waals surface area (Å²) in [5.74, 6) is -0.482. The average molecular weight is 379 g/mol. The summed E-state index contributed by atoms with van der Waals surface area (Å²) in [5, 5.41) is 6.36. The zero-order chi connectivity index (χ0) is 19.2.